The normalized spacial score (nSPS) is 21.0. The van der Waals surface area contributed by atoms with Gasteiger partial charge in [0, 0.05) is 52.3 Å². The molecule has 1 aromatic carbocycles. The first-order valence-electron chi connectivity index (χ1n) is 8.31. The summed E-state index contributed by atoms with van der Waals surface area (Å²) in [5, 5.41) is 4.34. The highest BCUT2D eigenvalue weighted by molar-refractivity contribution is 5.78. The zero-order chi connectivity index (χ0) is 16.7. The summed E-state index contributed by atoms with van der Waals surface area (Å²) < 4.78 is 9.53. The number of para-hydroxylation sites is 2. The Morgan fingerprint density at radius 2 is 2.04 bits per heavy atom. The molecule has 1 fully saturated rings. The average Bonchev–Trinajstić information content (AvgIpc) is 3.26. The minimum atomic E-state index is 0.415. The molecule has 3 aromatic rings. The third kappa shape index (κ3) is 2.47. The predicted molar refractivity (Wildman–Crippen MR) is 94.2 cm³/mol. The van der Waals surface area contributed by atoms with Gasteiger partial charge in [0.05, 0.1) is 23.8 Å². The average molecular weight is 325 g/mol. The van der Waals surface area contributed by atoms with E-state index in [4.69, 9.17) is 9.72 Å². The van der Waals surface area contributed by atoms with Gasteiger partial charge < -0.3 is 14.2 Å². The first-order valence-corrected chi connectivity index (χ1v) is 8.31. The first-order chi connectivity index (χ1) is 11.7. The van der Waals surface area contributed by atoms with Gasteiger partial charge in [-0.25, -0.2) is 4.98 Å². The molecule has 0 aliphatic carbocycles. The van der Waals surface area contributed by atoms with E-state index in [2.05, 4.69) is 46.0 Å². The van der Waals surface area contributed by atoms with Crippen molar-refractivity contribution < 1.29 is 4.74 Å². The van der Waals surface area contributed by atoms with Crippen LogP contribution in [0.15, 0.2) is 36.7 Å². The van der Waals surface area contributed by atoms with Crippen molar-refractivity contribution >= 4 is 17.0 Å². The molecule has 2 aromatic heterocycles. The monoisotopic (exact) mass is 325 g/mol. The highest BCUT2D eigenvalue weighted by Crippen LogP contribution is 2.35. The largest absolute Gasteiger partial charge is 0.384 e. The maximum Gasteiger partial charge on any atom is 0.206 e. The molecule has 0 N–H and O–H groups in total. The summed E-state index contributed by atoms with van der Waals surface area (Å²) in [6.45, 7) is 2.64. The second-order valence-corrected chi connectivity index (χ2v) is 6.63. The highest BCUT2D eigenvalue weighted by atomic mass is 16.5. The lowest BCUT2D eigenvalue weighted by Gasteiger charge is -2.17. The number of hydrogen-bond donors (Lipinski definition) is 0. The number of ether oxygens (including phenoxy) is 1. The number of nitrogens with zero attached hydrogens (tertiary/aromatic N) is 5. The van der Waals surface area contributed by atoms with Crippen molar-refractivity contribution in [3.8, 4) is 0 Å². The van der Waals surface area contributed by atoms with Gasteiger partial charge in [-0.05, 0) is 17.7 Å². The van der Waals surface area contributed by atoms with Gasteiger partial charge in [0.15, 0.2) is 0 Å². The fraction of sp³-hybridized carbons (Fsp3) is 0.444. The number of rotatable bonds is 4. The van der Waals surface area contributed by atoms with E-state index in [9.17, 15) is 0 Å². The number of aromatic nitrogens is 4. The minimum absolute atomic E-state index is 0.415. The van der Waals surface area contributed by atoms with E-state index in [0.29, 0.717) is 11.8 Å². The second-order valence-electron chi connectivity index (χ2n) is 6.63. The highest BCUT2D eigenvalue weighted by Gasteiger charge is 2.36. The van der Waals surface area contributed by atoms with Gasteiger partial charge in [-0.3, -0.25) is 4.68 Å². The Morgan fingerprint density at radius 1 is 1.21 bits per heavy atom. The summed E-state index contributed by atoms with van der Waals surface area (Å²) in [4.78, 5) is 7.23. The maximum atomic E-state index is 5.48. The smallest absolute Gasteiger partial charge is 0.206 e. The van der Waals surface area contributed by atoms with E-state index < -0.39 is 0 Å². The van der Waals surface area contributed by atoms with Gasteiger partial charge in [0.1, 0.15) is 0 Å². The van der Waals surface area contributed by atoms with Gasteiger partial charge in [0.25, 0.3) is 0 Å². The van der Waals surface area contributed by atoms with Gasteiger partial charge in [-0.1, -0.05) is 12.1 Å². The fourth-order valence-electron chi connectivity index (χ4n) is 3.84. The van der Waals surface area contributed by atoms with E-state index >= 15 is 0 Å². The van der Waals surface area contributed by atoms with Crippen LogP contribution in [0.1, 0.15) is 11.5 Å². The standard InChI is InChI=1S/C18H23N5O/c1-21-9-13(8-19-21)15-11-23(10-14(15)12-24-3)18-20-16-6-4-5-7-17(16)22(18)2/h4-9,14-15H,10-12H2,1-3H3/t14-,15-/m0/s1. The Kier molecular flexibility index (Phi) is 3.76. The molecule has 126 valence electrons. The molecule has 0 spiro atoms. The zero-order valence-electron chi connectivity index (χ0n) is 14.4. The number of anilines is 1. The van der Waals surface area contributed by atoms with E-state index in [1.165, 1.54) is 11.1 Å². The zero-order valence-corrected chi connectivity index (χ0v) is 14.4. The fourth-order valence-corrected chi connectivity index (χ4v) is 3.84. The molecule has 0 saturated carbocycles. The van der Waals surface area contributed by atoms with Gasteiger partial charge >= 0.3 is 0 Å². The third-order valence-corrected chi connectivity index (χ3v) is 5.02. The van der Waals surface area contributed by atoms with Gasteiger partial charge in [0.2, 0.25) is 5.95 Å². The Labute approximate surface area is 141 Å². The Bertz CT molecular complexity index is 852. The van der Waals surface area contributed by atoms with E-state index in [-0.39, 0.29) is 0 Å². The Morgan fingerprint density at radius 3 is 2.75 bits per heavy atom. The molecule has 6 heteroatoms. The quantitative estimate of drug-likeness (QED) is 0.738. The summed E-state index contributed by atoms with van der Waals surface area (Å²) in [7, 11) is 5.83. The Balaban J connectivity index is 1.67. The van der Waals surface area contributed by atoms with Crippen LogP contribution in [-0.2, 0) is 18.8 Å². The number of benzene rings is 1. The third-order valence-electron chi connectivity index (χ3n) is 5.02. The molecule has 0 unspecified atom stereocenters. The van der Waals surface area contributed by atoms with Crippen molar-refractivity contribution in [2.24, 2.45) is 20.0 Å². The van der Waals surface area contributed by atoms with Crippen molar-refractivity contribution in [2.45, 2.75) is 5.92 Å². The van der Waals surface area contributed by atoms with Gasteiger partial charge in [-0.2, -0.15) is 5.10 Å². The Hall–Kier alpha value is -2.34. The van der Waals surface area contributed by atoms with Crippen LogP contribution in [0.5, 0.6) is 0 Å². The summed E-state index contributed by atoms with van der Waals surface area (Å²) in [6, 6.07) is 8.28. The maximum absolute atomic E-state index is 5.48. The summed E-state index contributed by atoms with van der Waals surface area (Å²) in [5.41, 5.74) is 3.49. The number of imidazole rings is 1. The molecule has 24 heavy (non-hydrogen) atoms. The number of aryl methyl sites for hydroxylation is 2. The lowest BCUT2D eigenvalue weighted by Crippen LogP contribution is -2.23. The summed E-state index contributed by atoms with van der Waals surface area (Å²) >= 11 is 0. The molecule has 4 rings (SSSR count). The van der Waals surface area contributed by atoms with E-state index in [1.807, 2.05) is 24.0 Å². The van der Waals surface area contributed by atoms with Crippen LogP contribution in [0, 0.1) is 5.92 Å². The van der Waals surface area contributed by atoms with E-state index in [1.54, 1.807) is 7.11 Å². The van der Waals surface area contributed by atoms with Crippen LogP contribution in [-0.4, -0.2) is 46.1 Å². The number of methoxy groups -OCH3 is 1. The van der Waals surface area contributed by atoms with Crippen molar-refractivity contribution in [1.82, 2.24) is 19.3 Å². The minimum Gasteiger partial charge on any atom is -0.384 e. The number of hydrogen-bond acceptors (Lipinski definition) is 4. The van der Waals surface area contributed by atoms with E-state index in [0.717, 1.165) is 31.2 Å². The lowest BCUT2D eigenvalue weighted by atomic mass is 9.92. The van der Waals surface area contributed by atoms with Crippen molar-refractivity contribution in [3.05, 3.63) is 42.2 Å². The molecule has 0 amide bonds. The molecule has 2 atom stereocenters. The van der Waals surface area contributed by atoms with Crippen LogP contribution in [0.3, 0.4) is 0 Å². The molecule has 6 nitrogen and oxygen atoms in total. The molecule has 1 saturated heterocycles. The van der Waals surface area contributed by atoms with Crippen LogP contribution in [0.4, 0.5) is 5.95 Å². The van der Waals surface area contributed by atoms with Crippen LogP contribution >= 0.6 is 0 Å². The summed E-state index contributed by atoms with van der Waals surface area (Å²) in [5.74, 6) is 1.89. The second kappa shape index (κ2) is 5.94. The van der Waals surface area contributed by atoms with Crippen molar-refractivity contribution in [2.75, 3.05) is 31.7 Å². The number of fused-ring (bicyclic) bond motifs is 1. The summed E-state index contributed by atoms with van der Waals surface area (Å²) in [6.07, 6.45) is 4.09. The topological polar surface area (TPSA) is 48.1 Å². The van der Waals surface area contributed by atoms with Gasteiger partial charge in [-0.15, -0.1) is 0 Å². The van der Waals surface area contributed by atoms with Crippen LogP contribution in [0.25, 0.3) is 11.0 Å². The lowest BCUT2D eigenvalue weighted by molar-refractivity contribution is 0.153. The molecule has 0 bridgehead atoms. The SMILES string of the molecule is COC[C@@H]1CN(c2nc3ccccc3n2C)C[C@H]1c1cnn(C)c1. The van der Waals surface area contributed by atoms with Crippen LogP contribution in [0.2, 0.25) is 0 Å². The first kappa shape index (κ1) is 15.2. The molecule has 1 aliphatic heterocycles. The van der Waals surface area contributed by atoms with Crippen molar-refractivity contribution in [1.29, 1.82) is 0 Å². The predicted octanol–water partition coefficient (Wildman–Crippen LogP) is 2.17. The van der Waals surface area contributed by atoms with Crippen LogP contribution < -0.4 is 4.90 Å². The molecular formula is C18H23N5O. The molecule has 1 aliphatic rings. The molecular weight excluding hydrogens is 302 g/mol. The van der Waals surface area contributed by atoms with Crippen molar-refractivity contribution in [3.63, 3.8) is 0 Å². The molecule has 3 heterocycles. The molecule has 0 radical (unpaired) electrons.